The molecule has 0 saturated carbocycles. The predicted octanol–water partition coefficient (Wildman–Crippen LogP) is 4.94. The molecule has 2 aromatic heterocycles. The van der Waals surface area contributed by atoms with Crippen molar-refractivity contribution < 1.29 is 23.8 Å². The predicted molar refractivity (Wildman–Crippen MR) is 129 cm³/mol. The summed E-state index contributed by atoms with van der Waals surface area (Å²) < 4.78 is 18.3. The second-order valence-electron chi connectivity index (χ2n) is 8.63. The lowest BCUT2D eigenvalue weighted by Gasteiger charge is -2.29. The molecule has 8 heteroatoms. The molecule has 1 atom stereocenters. The highest BCUT2D eigenvalue weighted by atomic mass is 16.6. The Morgan fingerprint density at radius 1 is 1.15 bits per heavy atom. The molecule has 0 spiro atoms. The number of fused-ring (bicyclic) bond motifs is 1. The molecular weight excluding hydrogens is 434 g/mol. The highest BCUT2D eigenvalue weighted by Gasteiger charge is 2.34. The molecule has 0 radical (unpaired) electrons. The van der Waals surface area contributed by atoms with Gasteiger partial charge in [0.25, 0.3) is 0 Å². The van der Waals surface area contributed by atoms with Crippen molar-refractivity contribution in [2.45, 2.75) is 53.2 Å². The fourth-order valence-corrected chi connectivity index (χ4v) is 3.70. The average molecular weight is 466 g/mol. The van der Waals surface area contributed by atoms with E-state index in [9.17, 15) is 9.59 Å². The van der Waals surface area contributed by atoms with Gasteiger partial charge < -0.3 is 14.2 Å². The maximum Gasteiger partial charge on any atom is 0.358 e. The van der Waals surface area contributed by atoms with Crippen LogP contribution in [0.2, 0.25) is 0 Å². The van der Waals surface area contributed by atoms with Crippen LogP contribution in [-0.4, -0.2) is 45.4 Å². The lowest BCUT2D eigenvalue weighted by Crippen LogP contribution is -2.30. The number of carbonyl (C=O) groups is 2. The standard InChI is InChI=1S/C26H31N3O5/c1-8-17-13-11-12-14-18(17)22-21(23(25(31)33-10-3)34-26(5,6)7)16(4)27-20-15-19(28-29(20)22)24(30)32-9-2/h8,11-15,23H,1,9-10H2,2-7H3/t23-/m0/s1. The SMILES string of the molecule is C=Cc1ccccc1-c1c([C@H](OC(C)(C)C)C(=O)OCC)c(C)nc2cc(C(=O)OCC)nn12. The van der Waals surface area contributed by atoms with Crippen molar-refractivity contribution in [1.82, 2.24) is 14.6 Å². The lowest BCUT2D eigenvalue weighted by molar-refractivity contribution is -0.166. The largest absolute Gasteiger partial charge is 0.464 e. The minimum Gasteiger partial charge on any atom is -0.464 e. The molecule has 0 aliphatic heterocycles. The van der Waals surface area contributed by atoms with Crippen LogP contribution >= 0.6 is 0 Å². The first kappa shape index (κ1) is 25.1. The number of aromatic nitrogens is 3. The Kier molecular flexibility index (Phi) is 7.51. The van der Waals surface area contributed by atoms with Crippen molar-refractivity contribution in [3.8, 4) is 11.3 Å². The zero-order valence-corrected chi connectivity index (χ0v) is 20.5. The van der Waals surface area contributed by atoms with Crippen LogP contribution in [0.5, 0.6) is 0 Å². The van der Waals surface area contributed by atoms with E-state index in [1.807, 2.05) is 45.0 Å². The zero-order chi connectivity index (χ0) is 25.0. The number of esters is 2. The fraction of sp³-hybridized carbons (Fsp3) is 0.385. The van der Waals surface area contributed by atoms with Gasteiger partial charge in [0, 0.05) is 22.9 Å². The number of hydrogen-bond acceptors (Lipinski definition) is 7. The average Bonchev–Trinajstić information content (AvgIpc) is 3.20. The Hall–Kier alpha value is -3.52. The zero-order valence-electron chi connectivity index (χ0n) is 20.5. The van der Waals surface area contributed by atoms with Gasteiger partial charge in [0.05, 0.1) is 24.5 Å². The normalized spacial score (nSPS) is 12.4. The van der Waals surface area contributed by atoms with Crippen LogP contribution < -0.4 is 0 Å². The molecule has 34 heavy (non-hydrogen) atoms. The first-order valence-electron chi connectivity index (χ1n) is 11.2. The summed E-state index contributed by atoms with van der Waals surface area (Å²) in [7, 11) is 0. The van der Waals surface area contributed by atoms with Crippen LogP contribution in [0.25, 0.3) is 23.0 Å². The fourth-order valence-electron chi connectivity index (χ4n) is 3.70. The van der Waals surface area contributed by atoms with Crippen LogP contribution in [0, 0.1) is 6.92 Å². The highest BCUT2D eigenvalue weighted by Crippen LogP contribution is 2.37. The van der Waals surface area contributed by atoms with Crippen LogP contribution in [-0.2, 0) is 19.0 Å². The van der Waals surface area contributed by atoms with Crippen molar-refractivity contribution in [1.29, 1.82) is 0 Å². The van der Waals surface area contributed by atoms with E-state index in [4.69, 9.17) is 14.2 Å². The van der Waals surface area contributed by atoms with Gasteiger partial charge >= 0.3 is 11.9 Å². The molecule has 1 aromatic carbocycles. The molecule has 0 fully saturated rings. The number of benzene rings is 1. The third-order valence-electron chi connectivity index (χ3n) is 4.98. The van der Waals surface area contributed by atoms with Crippen molar-refractivity contribution in [2.24, 2.45) is 0 Å². The monoisotopic (exact) mass is 465 g/mol. The van der Waals surface area contributed by atoms with E-state index in [0.717, 1.165) is 11.1 Å². The third-order valence-corrected chi connectivity index (χ3v) is 4.98. The number of nitrogens with zero attached hydrogens (tertiary/aromatic N) is 3. The molecular formula is C26H31N3O5. The van der Waals surface area contributed by atoms with Gasteiger partial charge in [0.15, 0.2) is 17.4 Å². The number of hydrogen-bond donors (Lipinski definition) is 0. The van der Waals surface area contributed by atoms with Crippen LogP contribution in [0.4, 0.5) is 0 Å². The van der Waals surface area contributed by atoms with Crippen molar-refractivity contribution >= 4 is 23.7 Å². The van der Waals surface area contributed by atoms with Crippen molar-refractivity contribution in [3.63, 3.8) is 0 Å². The summed E-state index contributed by atoms with van der Waals surface area (Å²) in [5, 5.41) is 4.51. The van der Waals surface area contributed by atoms with Gasteiger partial charge in [-0.3, -0.25) is 0 Å². The summed E-state index contributed by atoms with van der Waals surface area (Å²) in [4.78, 5) is 30.2. The highest BCUT2D eigenvalue weighted by molar-refractivity contribution is 5.89. The molecule has 3 aromatic rings. The van der Waals surface area contributed by atoms with Gasteiger partial charge in [-0.15, -0.1) is 0 Å². The first-order valence-corrected chi connectivity index (χ1v) is 11.2. The summed E-state index contributed by atoms with van der Waals surface area (Å²) >= 11 is 0. The van der Waals surface area contributed by atoms with E-state index in [-0.39, 0.29) is 18.9 Å². The van der Waals surface area contributed by atoms with E-state index in [2.05, 4.69) is 16.7 Å². The topological polar surface area (TPSA) is 92.0 Å². The molecule has 0 unspecified atom stereocenters. The number of aryl methyl sites for hydroxylation is 1. The van der Waals surface area contributed by atoms with Crippen LogP contribution in [0.3, 0.4) is 0 Å². The van der Waals surface area contributed by atoms with Crippen molar-refractivity contribution in [2.75, 3.05) is 13.2 Å². The Labute approximate surface area is 199 Å². The third kappa shape index (κ3) is 5.17. The Morgan fingerprint density at radius 2 is 1.82 bits per heavy atom. The maximum absolute atomic E-state index is 13.1. The molecule has 0 bridgehead atoms. The summed E-state index contributed by atoms with van der Waals surface area (Å²) in [6, 6.07) is 9.16. The maximum atomic E-state index is 13.1. The van der Waals surface area contributed by atoms with Crippen LogP contribution in [0.15, 0.2) is 36.9 Å². The Bertz CT molecular complexity index is 1220. The van der Waals surface area contributed by atoms with Gasteiger partial charge in [-0.05, 0) is 47.1 Å². The number of carbonyl (C=O) groups excluding carboxylic acids is 2. The molecule has 3 rings (SSSR count). The molecule has 8 nitrogen and oxygen atoms in total. The second kappa shape index (κ2) is 10.2. The molecule has 0 N–H and O–H groups in total. The molecule has 0 aliphatic rings. The number of ether oxygens (including phenoxy) is 3. The van der Waals surface area contributed by atoms with E-state index < -0.39 is 23.6 Å². The molecule has 0 amide bonds. The smallest absolute Gasteiger partial charge is 0.358 e. The molecule has 0 saturated heterocycles. The minimum absolute atomic E-state index is 0.118. The Balaban J connectivity index is 2.42. The van der Waals surface area contributed by atoms with E-state index in [1.54, 1.807) is 37.4 Å². The van der Waals surface area contributed by atoms with E-state index in [1.165, 1.54) is 0 Å². The van der Waals surface area contributed by atoms with E-state index >= 15 is 0 Å². The van der Waals surface area contributed by atoms with Gasteiger partial charge in [-0.25, -0.2) is 19.1 Å². The minimum atomic E-state index is -1.07. The van der Waals surface area contributed by atoms with E-state index in [0.29, 0.717) is 22.6 Å². The summed E-state index contributed by atoms with van der Waals surface area (Å²) in [5.74, 6) is -1.08. The van der Waals surface area contributed by atoms with Gasteiger partial charge in [-0.2, -0.15) is 5.10 Å². The molecule has 180 valence electrons. The van der Waals surface area contributed by atoms with Crippen molar-refractivity contribution in [3.05, 3.63) is 59.4 Å². The Morgan fingerprint density at radius 3 is 2.44 bits per heavy atom. The van der Waals surface area contributed by atoms with Gasteiger partial charge in [0.2, 0.25) is 0 Å². The first-order chi connectivity index (χ1) is 16.1. The summed E-state index contributed by atoms with van der Waals surface area (Å²) in [6.07, 6.45) is 0.653. The van der Waals surface area contributed by atoms with Crippen LogP contribution in [0.1, 0.15) is 68.0 Å². The van der Waals surface area contributed by atoms with Gasteiger partial charge in [-0.1, -0.05) is 36.9 Å². The molecule has 0 aliphatic carbocycles. The van der Waals surface area contributed by atoms with Gasteiger partial charge in [0.1, 0.15) is 0 Å². The lowest BCUT2D eigenvalue weighted by atomic mass is 9.95. The second-order valence-corrected chi connectivity index (χ2v) is 8.63. The molecule has 2 heterocycles. The summed E-state index contributed by atoms with van der Waals surface area (Å²) in [6.45, 7) is 15.2. The quantitative estimate of drug-likeness (QED) is 0.435. The number of rotatable bonds is 8. The summed E-state index contributed by atoms with van der Waals surface area (Å²) in [5.41, 5.74) is 3.11.